The van der Waals surface area contributed by atoms with E-state index in [1.807, 2.05) is 143 Å². The van der Waals surface area contributed by atoms with Crippen LogP contribution in [0.15, 0.2) is 183 Å². The summed E-state index contributed by atoms with van der Waals surface area (Å²) in [7, 11) is 7.60. The molecule has 0 saturated carbocycles. The molecule has 0 saturated heterocycles. The third kappa shape index (κ3) is 16.1. The molecule has 0 N–H and O–H groups in total. The molecule has 5 aromatic heterocycles. The quantitative estimate of drug-likeness (QED) is 0.139. The third-order valence-electron chi connectivity index (χ3n) is 14.8. The van der Waals surface area contributed by atoms with E-state index in [0.717, 1.165) is 73.6 Å². The zero-order valence-corrected chi connectivity index (χ0v) is 50.8. The van der Waals surface area contributed by atoms with Crippen LogP contribution in [0.1, 0.15) is 126 Å². The van der Waals surface area contributed by atoms with E-state index in [-0.39, 0.29) is 22.3 Å². The Hall–Kier alpha value is -8.15. The lowest BCUT2D eigenvalue weighted by Gasteiger charge is -2.07. The highest BCUT2D eigenvalue weighted by molar-refractivity contribution is 5.66. The summed E-state index contributed by atoms with van der Waals surface area (Å²) in [5.41, 5.74) is 21.5. The Labute approximate surface area is 516 Å². The Morgan fingerprint density at radius 3 is 1.05 bits per heavy atom. The zero-order valence-electron chi connectivity index (χ0n) is 66.8. The number of pyridine rings is 5. The summed E-state index contributed by atoms with van der Waals surface area (Å²) in [6, 6.07) is 49.5. The number of aryl methyl sites for hydroxylation is 19. The van der Waals surface area contributed by atoms with Gasteiger partial charge in [-0.1, -0.05) is 118 Å². The molecule has 0 amide bonds. The van der Waals surface area contributed by atoms with Crippen molar-refractivity contribution >= 4 is 0 Å². The molecule has 0 aliphatic carbocycles. The van der Waals surface area contributed by atoms with Gasteiger partial charge in [-0.05, 0) is 193 Å². The molecular formula is C77H93N5+4. The van der Waals surface area contributed by atoms with Gasteiger partial charge in [0.05, 0.1) is 5.69 Å². The van der Waals surface area contributed by atoms with E-state index in [1.54, 1.807) is 36.2 Å². The molecule has 0 radical (unpaired) electrons. The first-order valence-corrected chi connectivity index (χ1v) is 27.7. The maximum atomic E-state index is 7.98. The van der Waals surface area contributed by atoms with Gasteiger partial charge in [-0.3, -0.25) is 4.98 Å². The number of hydrogen-bond acceptors (Lipinski definition) is 1. The molecule has 10 rings (SSSR count). The Morgan fingerprint density at radius 2 is 0.671 bits per heavy atom. The Bertz CT molecular complexity index is 4310. The lowest BCUT2D eigenvalue weighted by molar-refractivity contribution is -0.661. The molecule has 0 atom stereocenters. The fourth-order valence-electron chi connectivity index (χ4n) is 9.77. The van der Waals surface area contributed by atoms with Crippen molar-refractivity contribution in [3.63, 3.8) is 0 Å². The monoisotopic (exact) mass is 1100 g/mol. The molecule has 82 heavy (non-hydrogen) atoms. The van der Waals surface area contributed by atoms with E-state index < -0.39 is 40.2 Å². The summed E-state index contributed by atoms with van der Waals surface area (Å²) in [4.78, 5) is 4.28. The molecule has 0 spiro atoms. The van der Waals surface area contributed by atoms with Gasteiger partial charge in [0.2, 0.25) is 22.8 Å². The van der Waals surface area contributed by atoms with Gasteiger partial charge in [0.25, 0.3) is 0 Å². The van der Waals surface area contributed by atoms with Crippen molar-refractivity contribution in [2.24, 2.45) is 28.2 Å². The summed E-state index contributed by atoms with van der Waals surface area (Å²) in [6.45, 7) is 12.0. The lowest BCUT2D eigenvalue weighted by atomic mass is 10.0. The van der Waals surface area contributed by atoms with E-state index in [4.69, 9.17) is 21.9 Å². The third-order valence-corrected chi connectivity index (χ3v) is 14.8. The fourth-order valence-corrected chi connectivity index (χ4v) is 9.77. The minimum absolute atomic E-state index is 0.0554. The van der Waals surface area contributed by atoms with Crippen LogP contribution in [-0.4, -0.2) is 4.98 Å². The van der Waals surface area contributed by atoms with Crippen LogP contribution >= 0.6 is 0 Å². The van der Waals surface area contributed by atoms with Crippen molar-refractivity contribution in [2.45, 2.75) is 123 Å². The smallest absolute Gasteiger partial charge is 0.212 e. The first-order chi connectivity index (χ1) is 45.4. The van der Waals surface area contributed by atoms with E-state index in [2.05, 4.69) is 99.0 Å². The number of benzene rings is 5. The highest BCUT2D eigenvalue weighted by Crippen LogP contribution is 2.27. The molecule has 5 heterocycles. The van der Waals surface area contributed by atoms with E-state index in [0.29, 0.717) is 11.3 Å². The van der Waals surface area contributed by atoms with Gasteiger partial charge in [-0.25, -0.2) is 18.3 Å². The number of rotatable bonds is 8. The summed E-state index contributed by atoms with van der Waals surface area (Å²) < 4.78 is 130. The maximum absolute atomic E-state index is 7.98. The molecule has 5 aromatic carbocycles. The van der Waals surface area contributed by atoms with Crippen molar-refractivity contribution in [1.82, 2.24) is 4.98 Å². The lowest BCUT2D eigenvalue weighted by Crippen LogP contribution is -2.32. The number of hydrogen-bond donors (Lipinski definition) is 0. The van der Waals surface area contributed by atoms with E-state index >= 15 is 0 Å². The molecule has 10 aromatic rings. The highest BCUT2D eigenvalue weighted by atomic mass is 14.9. The topological polar surface area (TPSA) is 28.4 Å². The average molecular weight is 1100 g/mol. The van der Waals surface area contributed by atoms with Gasteiger partial charge in [0.1, 0.15) is 28.2 Å². The van der Waals surface area contributed by atoms with Gasteiger partial charge >= 0.3 is 0 Å². The van der Waals surface area contributed by atoms with Crippen LogP contribution in [0, 0.1) is 82.8 Å². The van der Waals surface area contributed by atoms with Crippen LogP contribution in [0.5, 0.6) is 0 Å². The molecule has 0 bridgehead atoms. The summed E-state index contributed by atoms with van der Waals surface area (Å²) >= 11 is 0. The second-order valence-electron chi connectivity index (χ2n) is 20.9. The largest absolute Gasteiger partial charge is 0.256 e. The minimum Gasteiger partial charge on any atom is -0.256 e. The van der Waals surface area contributed by atoms with Gasteiger partial charge < -0.3 is 0 Å². The molecule has 0 aliphatic rings. The van der Waals surface area contributed by atoms with Crippen LogP contribution in [0.2, 0.25) is 0 Å². The van der Waals surface area contributed by atoms with Crippen LogP contribution < -0.4 is 18.3 Å². The van der Waals surface area contributed by atoms with Crippen molar-refractivity contribution < 1.29 is 40.2 Å². The number of nitrogens with zero attached hydrogens (tertiary/aromatic N) is 5. The van der Waals surface area contributed by atoms with Crippen molar-refractivity contribution in [1.29, 1.82) is 0 Å². The van der Waals surface area contributed by atoms with Crippen LogP contribution in [0.3, 0.4) is 0 Å². The Morgan fingerprint density at radius 1 is 0.329 bits per heavy atom. The van der Waals surface area contributed by atoms with E-state index in [1.165, 1.54) is 70.7 Å². The summed E-state index contributed by atoms with van der Waals surface area (Å²) in [5, 5.41) is 0. The fraction of sp³-hybridized carbons (Fsp3) is 0.286. The predicted octanol–water partition coefficient (Wildman–Crippen LogP) is 16.8. The first kappa shape index (κ1) is 43.6. The molecule has 5 heteroatoms. The van der Waals surface area contributed by atoms with Crippen molar-refractivity contribution in [2.75, 3.05) is 0 Å². The second-order valence-corrected chi connectivity index (χ2v) is 20.9. The summed E-state index contributed by atoms with van der Waals surface area (Å²) in [6.07, 6.45) is 6.58. The van der Waals surface area contributed by atoms with Crippen molar-refractivity contribution in [3.8, 4) is 56.3 Å². The highest BCUT2D eigenvalue weighted by Gasteiger charge is 2.18. The normalized spacial score (nSPS) is 14.4. The standard InChI is InChI=1S/3C16H20N.C15H18N.C14H15N/c1-5-14-10-16(17(4)11-13(14)3)15-9-7-6-8-12(15)2;2*1-5-14-11-17(4)16(10-13(14)3)15-9-7-6-8-12(15)2;1-11-7-5-6-8-14(11)15-9-12(2)13(3)10-16(15)4;1-10-6-4-5-7-13(10)14-8-11(2)12(3)9-15-14/h3*6-11H,5H2,1-4H3;5-10H,1-4H3;4-9H,1-3H3/q4*+1;/i3D3,5D2;5D2;;2D3,3D3;3D3. The molecule has 422 valence electrons. The zero-order chi connectivity index (χ0) is 73.4. The van der Waals surface area contributed by atoms with Gasteiger partial charge in [0, 0.05) is 102 Å². The minimum atomic E-state index is -2.48. The Kier molecular flexibility index (Phi) is 15.7. The van der Waals surface area contributed by atoms with Crippen LogP contribution in [0.4, 0.5) is 0 Å². The molecule has 0 aliphatic heterocycles. The average Bonchev–Trinajstić information content (AvgIpc) is 0.777. The molecule has 5 nitrogen and oxygen atoms in total. The molecule has 0 fully saturated rings. The maximum Gasteiger partial charge on any atom is 0.212 e. The van der Waals surface area contributed by atoms with Gasteiger partial charge in [-0.15, -0.1) is 0 Å². The Balaban J connectivity index is 0.000000194. The first-order valence-electron chi connectivity index (χ1n) is 35.7. The second kappa shape index (κ2) is 29.5. The SMILES string of the molecule is CCc1c[n+](C)c(-c2ccccc2C)cc1C.[2H]C([2H])(C)c1c[n+](C)c(-c2ccccc2C)cc1C.[2H]C([2H])([2H])c1c[n+](C)c(-c2ccccc2C)cc1C([2H])([2H])C.[2H]C([2H])([2H])c1cc(-c2ccccc2C)[n+](C)cc1C([2H])([2H])[2H].[2H]C([2H])([2H])c1cnc(-c2ccccc2C)cc1C. The van der Waals surface area contributed by atoms with Crippen molar-refractivity contribution in [3.05, 3.63) is 266 Å². The van der Waals surface area contributed by atoms with E-state index in [9.17, 15) is 0 Å². The van der Waals surface area contributed by atoms with Gasteiger partial charge in [0.15, 0.2) is 24.8 Å². The summed E-state index contributed by atoms with van der Waals surface area (Å²) in [5.74, 6) is 0. The predicted molar refractivity (Wildman–Crippen MR) is 347 cm³/mol. The number of aromatic nitrogens is 5. The van der Waals surface area contributed by atoms with Crippen LogP contribution in [-0.2, 0) is 47.4 Å². The molecule has 0 unspecified atom stereocenters. The van der Waals surface area contributed by atoms with Gasteiger partial charge in [-0.2, -0.15) is 0 Å². The van der Waals surface area contributed by atoms with Crippen LogP contribution in [0.25, 0.3) is 56.3 Å². The molecular weight excluding hydrogens is 995 g/mol.